The lowest BCUT2D eigenvalue weighted by Crippen LogP contribution is -2.02. The summed E-state index contributed by atoms with van der Waals surface area (Å²) in [6, 6.07) is 5.54. The van der Waals surface area contributed by atoms with Gasteiger partial charge in [-0.25, -0.2) is 0 Å². The molecule has 0 atom stereocenters. The molecular formula is C19H32O5. The minimum absolute atomic E-state index is 0.0758. The first-order chi connectivity index (χ1) is 11.8. The van der Waals surface area contributed by atoms with E-state index in [0.717, 1.165) is 62.7 Å². The van der Waals surface area contributed by atoms with E-state index in [1.54, 1.807) is 0 Å². The Labute approximate surface area is 145 Å². The molecule has 0 unspecified atom stereocenters. The van der Waals surface area contributed by atoms with Gasteiger partial charge in [0.2, 0.25) is 0 Å². The van der Waals surface area contributed by atoms with Crippen molar-refractivity contribution in [3.05, 3.63) is 23.8 Å². The van der Waals surface area contributed by atoms with Crippen LogP contribution in [-0.4, -0.2) is 41.7 Å². The van der Waals surface area contributed by atoms with E-state index in [4.69, 9.17) is 19.7 Å². The van der Waals surface area contributed by atoms with Crippen molar-refractivity contribution in [2.45, 2.75) is 58.0 Å². The van der Waals surface area contributed by atoms with Crippen molar-refractivity contribution in [3.8, 4) is 11.5 Å². The zero-order valence-electron chi connectivity index (χ0n) is 14.6. The highest BCUT2D eigenvalue weighted by atomic mass is 16.5. The highest BCUT2D eigenvalue weighted by molar-refractivity contribution is 5.39. The number of hydrogen-bond donors (Lipinski definition) is 3. The van der Waals surface area contributed by atoms with Gasteiger partial charge in [0.05, 0.1) is 19.8 Å². The fourth-order valence-corrected chi connectivity index (χ4v) is 2.42. The number of ether oxygens (including phenoxy) is 2. The van der Waals surface area contributed by atoms with Crippen molar-refractivity contribution < 1.29 is 24.8 Å². The molecule has 1 aromatic rings. The lowest BCUT2D eigenvalue weighted by atomic mass is 10.2. The summed E-state index contributed by atoms with van der Waals surface area (Å²) in [5, 5.41) is 26.9. The van der Waals surface area contributed by atoms with Crippen LogP contribution in [0.2, 0.25) is 0 Å². The second-order valence-electron chi connectivity index (χ2n) is 5.90. The summed E-state index contributed by atoms with van der Waals surface area (Å²) in [6.45, 7) is 1.68. The normalized spacial score (nSPS) is 10.8. The van der Waals surface area contributed by atoms with Crippen molar-refractivity contribution in [2.24, 2.45) is 0 Å². The van der Waals surface area contributed by atoms with Crippen molar-refractivity contribution >= 4 is 0 Å². The molecule has 0 amide bonds. The molecule has 1 rings (SSSR count). The van der Waals surface area contributed by atoms with Crippen LogP contribution >= 0.6 is 0 Å². The minimum atomic E-state index is -0.0758. The van der Waals surface area contributed by atoms with Crippen LogP contribution in [0.25, 0.3) is 0 Å². The van der Waals surface area contributed by atoms with Crippen LogP contribution in [-0.2, 0) is 6.61 Å². The predicted molar refractivity (Wildman–Crippen MR) is 94.5 cm³/mol. The van der Waals surface area contributed by atoms with Crippen LogP contribution < -0.4 is 9.47 Å². The van der Waals surface area contributed by atoms with Crippen molar-refractivity contribution in [1.82, 2.24) is 0 Å². The minimum Gasteiger partial charge on any atom is -0.494 e. The molecule has 3 N–H and O–H groups in total. The van der Waals surface area contributed by atoms with E-state index in [9.17, 15) is 5.11 Å². The van der Waals surface area contributed by atoms with E-state index < -0.39 is 0 Å². The number of unbranched alkanes of at least 4 members (excludes halogenated alkanes) is 6. The summed E-state index contributed by atoms with van der Waals surface area (Å²) >= 11 is 0. The molecule has 0 bridgehead atoms. The van der Waals surface area contributed by atoms with Gasteiger partial charge in [0.15, 0.2) is 0 Å². The number of aliphatic hydroxyl groups is 3. The maximum absolute atomic E-state index is 9.50. The highest BCUT2D eigenvalue weighted by Gasteiger charge is 2.05. The Morgan fingerprint density at radius 2 is 1.25 bits per heavy atom. The summed E-state index contributed by atoms with van der Waals surface area (Å²) in [4.78, 5) is 0. The zero-order chi connectivity index (χ0) is 17.5. The van der Waals surface area contributed by atoms with E-state index in [2.05, 4.69) is 0 Å². The van der Waals surface area contributed by atoms with Gasteiger partial charge in [-0.2, -0.15) is 0 Å². The van der Waals surface area contributed by atoms with Gasteiger partial charge in [-0.1, -0.05) is 12.8 Å². The smallest absolute Gasteiger partial charge is 0.125 e. The van der Waals surface area contributed by atoms with Crippen LogP contribution in [0.5, 0.6) is 11.5 Å². The van der Waals surface area contributed by atoms with Crippen LogP contribution in [0.1, 0.15) is 56.9 Å². The fourth-order valence-electron chi connectivity index (χ4n) is 2.42. The van der Waals surface area contributed by atoms with Gasteiger partial charge in [0, 0.05) is 18.8 Å². The lowest BCUT2D eigenvalue weighted by Gasteiger charge is -2.13. The van der Waals surface area contributed by atoms with Crippen LogP contribution in [0, 0.1) is 0 Å². The van der Waals surface area contributed by atoms with Crippen LogP contribution in [0.15, 0.2) is 18.2 Å². The topological polar surface area (TPSA) is 79.2 Å². The summed E-state index contributed by atoms with van der Waals surface area (Å²) in [6.07, 6.45) is 7.70. The Morgan fingerprint density at radius 3 is 1.83 bits per heavy atom. The van der Waals surface area contributed by atoms with E-state index in [-0.39, 0.29) is 19.8 Å². The van der Waals surface area contributed by atoms with E-state index in [1.807, 2.05) is 18.2 Å². The molecule has 0 radical (unpaired) electrons. The van der Waals surface area contributed by atoms with Crippen molar-refractivity contribution in [3.63, 3.8) is 0 Å². The fraction of sp³-hybridized carbons (Fsp3) is 0.684. The van der Waals surface area contributed by atoms with Crippen LogP contribution in [0.4, 0.5) is 0 Å². The third kappa shape index (κ3) is 9.11. The maximum atomic E-state index is 9.50. The number of benzene rings is 1. The Bertz CT molecular complexity index is 422. The third-order valence-electron chi connectivity index (χ3n) is 3.83. The zero-order valence-corrected chi connectivity index (χ0v) is 14.6. The van der Waals surface area contributed by atoms with Gasteiger partial charge < -0.3 is 24.8 Å². The molecule has 24 heavy (non-hydrogen) atoms. The van der Waals surface area contributed by atoms with Gasteiger partial charge >= 0.3 is 0 Å². The lowest BCUT2D eigenvalue weighted by molar-refractivity contribution is 0.253. The molecule has 0 aliphatic rings. The highest BCUT2D eigenvalue weighted by Crippen LogP contribution is 2.25. The molecule has 0 aliphatic carbocycles. The van der Waals surface area contributed by atoms with Crippen molar-refractivity contribution in [1.29, 1.82) is 0 Å². The van der Waals surface area contributed by atoms with Crippen LogP contribution in [0.3, 0.4) is 0 Å². The molecule has 5 heteroatoms. The molecule has 0 aromatic heterocycles. The second-order valence-corrected chi connectivity index (χ2v) is 5.90. The molecule has 5 nitrogen and oxygen atoms in total. The summed E-state index contributed by atoms with van der Waals surface area (Å²) in [5.41, 5.74) is 0.739. The van der Waals surface area contributed by atoms with Gasteiger partial charge in [0.1, 0.15) is 11.5 Å². The average Bonchev–Trinajstić information content (AvgIpc) is 2.61. The molecule has 1 aromatic carbocycles. The van der Waals surface area contributed by atoms with Gasteiger partial charge in [-0.15, -0.1) is 0 Å². The number of rotatable bonds is 15. The Morgan fingerprint density at radius 1 is 0.667 bits per heavy atom. The van der Waals surface area contributed by atoms with E-state index in [1.165, 1.54) is 0 Å². The quantitative estimate of drug-likeness (QED) is 0.428. The monoisotopic (exact) mass is 340 g/mol. The van der Waals surface area contributed by atoms with E-state index in [0.29, 0.717) is 19.0 Å². The Hall–Kier alpha value is -1.30. The maximum Gasteiger partial charge on any atom is 0.125 e. The number of aliphatic hydroxyl groups excluding tert-OH is 3. The molecule has 0 heterocycles. The molecule has 0 aliphatic heterocycles. The molecule has 138 valence electrons. The first-order valence-electron chi connectivity index (χ1n) is 9.03. The largest absolute Gasteiger partial charge is 0.494 e. The molecule has 0 saturated heterocycles. The molecular weight excluding hydrogens is 308 g/mol. The summed E-state index contributed by atoms with van der Waals surface area (Å²) < 4.78 is 11.4. The SMILES string of the molecule is OCCCCCCOc1ccc(OCCCCCCO)c(CO)c1. The average molecular weight is 340 g/mol. The van der Waals surface area contributed by atoms with E-state index >= 15 is 0 Å². The summed E-state index contributed by atoms with van der Waals surface area (Å²) in [7, 11) is 0. The van der Waals surface area contributed by atoms with Gasteiger partial charge in [-0.3, -0.25) is 0 Å². The molecule has 0 fully saturated rings. The third-order valence-corrected chi connectivity index (χ3v) is 3.83. The number of hydrogen-bond acceptors (Lipinski definition) is 5. The predicted octanol–water partition coefficient (Wildman–Crippen LogP) is 3.04. The summed E-state index contributed by atoms with van der Waals surface area (Å²) in [5.74, 6) is 1.45. The second kappa shape index (κ2) is 14.1. The first kappa shape index (κ1) is 20.7. The standard InChI is InChI=1S/C19H32O5/c20-11-5-1-3-7-13-23-18-9-10-19(17(15-18)16-22)24-14-8-4-2-6-12-21/h9-10,15,20-22H,1-8,11-14,16H2. The molecule has 0 spiro atoms. The Kier molecular flexibility index (Phi) is 12.2. The Balaban J connectivity index is 2.30. The van der Waals surface area contributed by atoms with Gasteiger partial charge in [0.25, 0.3) is 0 Å². The van der Waals surface area contributed by atoms with Gasteiger partial charge in [-0.05, 0) is 56.7 Å². The molecule has 0 saturated carbocycles. The van der Waals surface area contributed by atoms with Crippen molar-refractivity contribution in [2.75, 3.05) is 26.4 Å². The first-order valence-corrected chi connectivity index (χ1v) is 9.03.